The molecule has 0 bridgehead atoms. The van der Waals surface area contributed by atoms with Crippen LogP contribution in [0.15, 0.2) is 24.3 Å². The summed E-state index contributed by atoms with van der Waals surface area (Å²) in [5, 5.41) is 5.93. The lowest BCUT2D eigenvalue weighted by Gasteiger charge is -2.19. The van der Waals surface area contributed by atoms with Crippen LogP contribution in [0, 0.1) is 6.92 Å². The first kappa shape index (κ1) is 17.9. The van der Waals surface area contributed by atoms with Crippen LogP contribution >= 0.6 is 0 Å². The zero-order chi connectivity index (χ0) is 18.4. The van der Waals surface area contributed by atoms with E-state index in [0.717, 1.165) is 6.42 Å². The lowest BCUT2D eigenvalue weighted by molar-refractivity contribution is 0.102. The van der Waals surface area contributed by atoms with E-state index in [0.29, 0.717) is 60.9 Å². The van der Waals surface area contributed by atoms with Crippen molar-refractivity contribution < 1.29 is 19.0 Å². The fraction of sp³-hybridized carbons (Fsp3) is 0.389. The van der Waals surface area contributed by atoms with Gasteiger partial charge in [0.2, 0.25) is 5.95 Å². The van der Waals surface area contributed by atoms with Crippen molar-refractivity contribution in [1.82, 2.24) is 9.97 Å². The van der Waals surface area contributed by atoms with Crippen LogP contribution in [0.3, 0.4) is 0 Å². The molecule has 8 heteroatoms. The summed E-state index contributed by atoms with van der Waals surface area (Å²) in [7, 11) is 1.66. The topological polar surface area (TPSA) is 94.6 Å². The Balaban J connectivity index is 1.68. The lowest BCUT2D eigenvalue weighted by atomic mass is 10.2. The molecule has 1 aromatic carbocycles. The number of hydrogen-bond acceptors (Lipinski definition) is 7. The minimum Gasteiger partial charge on any atom is -0.486 e. The Bertz CT molecular complexity index is 782. The van der Waals surface area contributed by atoms with Gasteiger partial charge in [-0.2, -0.15) is 0 Å². The molecule has 0 spiro atoms. The van der Waals surface area contributed by atoms with E-state index in [4.69, 9.17) is 14.2 Å². The van der Waals surface area contributed by atoms with Crippen LogP contribution < -0.4 is 20.1 Å². The van der Waals surface area contributed by atoms with Crippen molar-refractivity contribution in [3.8, 4) is 11.5 Å². The molecule has 26 heavy (non-hydrogen) atoms. The van der Waals surface area contributed by atoms with Crippen LogP contribution in [0.2, 0.25) is 0 Å². The monoisotopic (exact) mass is 358 g/mol. The van der Waals surface area contributed by atoms with E-state index in [2.05, 4.69) is 20.6 Å². The smallest absolute Gasteiger partial charge is 0.274 e. The molecule has 3 rings (SSSR count). The number of amides is 1. The highest BCUT2D eigenvalue weighted by molar-refractivity contribution is 6.03. The number of carbonyl (C=O) groups is 1. The molecule has 138 valence electrons. The predicted octanol–water partition coefficient (Wildman–Crippen LogP) is 2.26. The molecule has 1 aliphatic rings. The number of benzene rings is 1. The second kappa shape index (κ2) is 8.48. The summed E-state index contributed by atoms with van der Waals surface area (Å²) < 4.78 is 16.0. The summed E-state index contributed by atoms with van der Waals surface area (Å²) in [5.74, 6) is 1.41. The van der Waals surface area contributed by atoms with Crippen LogP contribution in [0.25, 0.3) is 0 Å². The third-order valence-corrected chi connectivity index (χ3v) is 3.70. The minimum absolute atomic E-state index is 0.293. The van der Waals surface area contributed by atoms with Crippen molar-refractivity contribution in [2.24, 2.45) is 0 Å². The summed E-state index contributed by atoms with van der Waals surface area (Å²) in [6, 6.07) is 6.93. The number of carbonyl (C=O) groups excluding carboxylic acids is 1. The summed E-state index contributed by atoms with van der Waals surface area (Å²) in [6.45, 7) is 4.16. The van der Waals surface area contributed by atoms with Crippen molar-refractivity contribution >= 4 is 17.5 Å². The third kappa shape index (κ3) is 4.60. The van der Waals surface area contributed by atoms with Crippen LogP contribution in [0.1, 0.15) is 22.6 Å². The van der Waals surface area contributed by atoms with Crippen LogP contribution in [-0.4, -0.2) is 49.4 Å². The third-order valence-electron chi connectivity index (χ3n) is 3.70. The number of methoxy groups -OCH3 is 1. The fourth-order valence-corrected chi connectivity index (χ4v) is 2.50. The highest BCUT2D eigenvalue weighted by Gasteiger charge is 2.15. The molecule has 0 unspecified atom stereocenters. The summed E-state index contributed by atoms with van der Waals surface area (Å²) in [6.07, 6.45) is 0.826. The molecule has 2 N–H and O–H groups in total. The molecule has 2 heterocycles. The van der Waals surface area contributed by atoms with E-state index < -0.39 is 0 Å². The van der Waals surface area contributed by atoms with Crippen molar-refractivity contribution in [2.75, 3.05) is 44.1 Å². The molecule has 0 radical (unpaired) electrons. The van der Waals surface area contributed by atoms with E-state index >= 15 is 0 Å². The number of nitrogens with zero attached hydrogens (tertiary/aromatic N) is 2. The SMILES string of the molecule is COCCCNc1nc(C)cc(C(=O)Nc2ccc3c(c2)OCCO3)n1. The first-order valence-corrected chi connectivity index (χ1v) is 8.45. The summed E-state index contributed by atoms with van der Waals surface area (Å²) in [4.78, 5) is 21.1. The van der Waals surface area contributed by atoms with Gasteiger partial charge in [-0.15, -0.1) is 0 Å². The van der Waals surface area contributed by atoms with Crippen LogP contribution in [0.4, 0.5) is 11.6 Å². The molecule has 0 saturated carbocycles. The average molecular weight is 358 g/mol. The fourth-order valence-electron chi connectivity index (χ4n) is 2.50. The highest BCUT2D eigenvalue weighted by atomic mass is 16.6. The number of aromatic nitrogens is 2. The molecule has 2 aromatic rings. The van der Waals surface area contributed by atoms with E-state index in [9.17, 15) is 4.79 Å². The highest BCUT2D eigenvalue weighted by Crippen LogP contribution is 2.32. The number of aryl methyl sites for hydroxylation is 1. The first-order valence-electron chi connectivity index (χ1n) is 8.45. The van der Waals surface area contributed by atoms with Crippen molar-refractivity contribution in [3.63, 3.8) is 0 Å². The van der Waals surface area contributed by atoms with Gasteiger partial charge in [0, 0.05) is 37.7 Å². The summed E-state index contributed by atoms with van der Waals surface area (Å²) in [5.41, 5.74) is 1.62. The van der Waals surface area contributed by atoms with Gasteiger partial charge in [0.1, 0.15) is 18.9 Å². The molecular weight excluding hydrogens is 336 g/mol. The van der Waals surface area contributed by atoms with Crippen molar-refractivity contribution in [1.29, 1.82) is 0 Å². The molecule has 1 aliphatic heterocycles. The Morgan fingerprint density at radius 3 is 2.81 bits per heavy atom. The Hall–Kier alpha value is -2.87. The second-order valence-electron chi connectivity index (χ2n) is 5.80. The Kier molecular flexibility index (Phi) is 5.85. The van der Waals surface area contributed by atoms with E-state index in [1.165, 1.54) is 0 Å². The van der Waals surface area contributed by atoms with E-state index in [1.807, 2.05) is 6.92 Å². The Labute approximate surface area is 151 Å². The molecule has 8 nitrogen and oxygen atoms in total. The number of fused-ring (bicyclic) bond motifs is 1. The maximum atomic E-state index is 12.5. The average Bonchev–Trinajstić information content (AvgIpc) is 2.65. The zero-order valence-electron chi connectivity index (χ0n) is 14.9. The van der Waals surface area contributed by atoms with E-state index in [-0.39, 0.29) is 5.91 Å². The van der Waals surface area contributed by atoms with Gasteiger partial charge < -0.3 is 24.8 Å². The molecule has 0 atom stereocenters. The van der Waals surface area contributed by atoms with Gasteiger partial charge in [-0.1, -0.05) is 0 Å². The van der Waals surface area contributed by atoms with Crippen LogP contribution in [0.5, 0.6) is 11.5 Å². The maximum absolute atomic E-state index is 12.5. The molecule has 0 saturated heterocycles. The number of rotatable bonds is 7. The van der Waals surface area contributed by atoms with Gasteiger partial charge in [-0.05, 0) is 31.5 Å². The first-order chi connectivity index (χ1) is 12.7. The standard InChI is InChI=1S/C18H22N4O4/c1-12-10-14(22-18(20-12)19-6-3-7-24-2)17(23)21-13-4-5-15-16(11-13)26-9-8-25-15/h4-5,10-11H,3,6-9H2,1-2H3,(H,21,23)(H,19,20,22). The van der Waals surface area contributed by atoms with Crippen molar-refractivity contribution in [3.05, 3.63) is 35.7 Å². The maximum Gasteiger partial charge on any atom is 0.274 e. The van der Waals surface area contributed by atoms with Gasteiger partial charge >= 0.3 is 0 Å². The van der Waals surface area contributed by atoms with Crippen LogP contribution in [-0.2, 0) is 4.74 Å². The molecule has 1 aromatic heterocycles. The Morgan fingerprint density at radius 1 is 1.19 bits per heavy atom. The minimum atomic E-state index is -0.313. The quantitative estimate of drug-likeness (QED) is 0.733. The van der Waals surface area contributed by atoms with Gasteiger partial charge in [0.25, 0.3) is 5.91 Å². The molecule has 1 amide bonds. The summed E-state index contributed by atoms with van der Waals surface area (Å²) >= 11 is 0. The van der Waals surface area contributed by atoms with Gasteiger partial charge in [-0.3, -0.25) is 4.79 Å². The lowest BCUT2D eigenvalue weighted by Crippen LogP contribution is -2.18. The number of ether oxygens (including phenoxy) is 3. The number of hydrogen-bond donors (Lipinski definition) is 2. The molecular formula is C18H22N4O4. The number of anilines is 2. The van der Waals surface area contributed by atoms with Gasteiger partial charge in [0.15, 0.2) is 11.5 Å². The zero-order valence-corrected chi connectivity index (χ0v) is 14.9. The van der Waals surface area contributed by atoms with E-state index in [1.54, 1.807) is 31.4 Å². The normalized spacial score (nSPS) is 12.5. The van der Waals surface area contributed by atoms with Gasteiger partial charge in [-0.25, -0.2) is 9.97 Å². The molecule has 0 fully saturated rings. The van der Waals surface area contributed by atoms with Crippen molar-refractivity contribution in [2.45, 2.75) is 13.3 Å². The largest absolute Gasteiger partial charge is 0.486 e. The number of nitrogens with one attached hydrogen (secondary N) is 2. The Morgan fingerprint density at radius 2 is 2.00 bits per heavy atom. The predicted molar refractivity (Wildman–Crippen MR) is 97.1 cm³/mol. The van der Waals surface area contributed by atoms with Gasteiger partial charge in [0.05, 0.1) is 0 Å². The molecule has 0 aliphatic carbocycles. The second-order valence-corrected chi connectivity index (χ2v) is 5.80.